The van der Waals surface area contributed by atoms with Crippen LogP contribution in [0.15, 0.2) is 22.8 Å². The summed E-state index contributed by atoms with van der Waals surface area (Å²) in [7, 11) is -0.780. The number of carbonyl (C=O) groups is 1. The lowest BCUT2D eigenvalue weighted by atomic mass is 9.95. The molecule has 1 saturated carbocycles. The molecule has 3 unspecified atom stereocenters. The number of nitrogens with one attached hydrogen (secondary N) is 2. The highest BCUT2D eigenvalue weighted by Gasteiger charge is 2.26. The van der Waals surface area contributed by atoms with E-state index in [1.54, 1.807) is 12.1 Å². The van der Waals surface area contributed by atoms with Gasteiger partial charge in [-0.25, -0.2) is 9.78 Å². The van der Waals surface area contributed by atoms with E-state index in [2.05, 4.69) is 31.5 Å². The van der Waals surface area contributed by atoms with Crippen molar-refractivity contribution in [3.05, 3.63) is 22.8 Å². The number of nitrogens with zero attached hydrogens (tertiary/aromatic N) is 1. The van der Waals surface area contributed by atoms with Crippen molar-refractivity contribution >= 4 is 38.6 Å². The third kappa shape index (κ3) is 5.07. The van der Waals surface area contributed by atoms with Gasteiger partial charge < -0.3 is 5.32 Å². The van der Waals surface area contributed by atoms with Gasteiger partial charge >= 0.3 is 6.03 Å². The zero-order valence-electron chi connectivity index (χ0n) is 12.0. The zero-order valence-corrected chi connectivity index (χ0v) is 14.4. The van der Waals surface area contributed by atoms with Gasteiger partial charge in [0.15, 0.2) is 0 Å². The van der Waals surface area contributed by atoms with Crippen molar-refractivity contribution in [2.75, 3.05) is 11.1 Å². The summed E-state index contributed by atoms with van der Waals surface area (Å²) in [6.07, 6.45) is 3.74. The van der Waals surface area contributed by atoms with Gasteiger partial charge in [0.05, 0.1) is 0 Å². The number of amides is 2. The Balaban J connectivity index is 1.86. The minimum absolute atomic E-state index is 0.0893. The highest BCUT2D eigenvalue weighted by Crippen LogP contribution is 2.23. The Morgan fingerprint density at radius 3 is 3.00 bits per heavy atom. The molecule has 2 amide bonds. The van der Waals surface area contributed by atoms with Crippen LogP contribution in [0, 0.1) is 0 Å². The molecule has 116 valence electrons. The molecule has 0 aliphatic heterocycles. The zero-order chi connectivity index (χ0) is 15.2. The Kier molecular flexibility index (Phi) is 6.17. The van der Waals surface area contributed by atoms with E-state index in [1.165, 1.54) is 0 Å². The summed E-state index contributed by atoms with van der Waals surface area (Å²) >= 11 is 3.27. The average Bonchev–Trinajstić information content (AvgIpc) is 2.46. The largest absolute Gasteiger partial charge is 0.335 e. The third-order valence-electron chi connectivity index (χ3n) is 3.57. The first-order chi connectivity index (χ1) is 10.1. The molecule has 0 radical (unpaired) electrons. The number of urea groups is 1. The molecule has 0 saturated heterocycles. The predicted octanol–water partition coefficient (Wildman–Crippen LogP) is 3.05. The fraction of sp³-hybridized carbons (Fsp3) is 0.571. The molecule has 0 aromatic carbocycles. The van der Waals surface area contributed by atoms with Gasteiger partial charge in [0.25, 0.3) is 0 Å². The van der Waals surface area contributed by atoms with Crippen molar-refractivity contribution in [2.24, 2.45) is 0 Å². The number of pyridine rings is 1. The first-order valence-corrected chi connectivity index (χ1v) is 9.33. The Morgan fingerprint density at radius 2 is 2.29 bits per heavy atom. The Labute approximate surface area is 135 Å². The second kappa shape index (κ2) is 7.89. The van der Waals surface area contributed by atoms with Gasteiger partial charge in [-0.3, -0.25) is 9.53 Å². The molecule has 3 atom stereocenters. The SMILES string of the molecule is CCS(=O)C1CCCC(NC(=O)Nc2cccc(Br)n2)C1. The smallest absolute Gasteiger partial charge is 0.320 e. The van der Waals surface area contributed by atoms with Crippen LogP contribution in [-0.2, 0) is 10.8 Å². The normalized spacial score (nSPS) is 23.3. The van der Waals surface area contributed by atoms with E-state index in [9.17, 15) is 9.00 Å². The molecule has 2 N–H and O–H groups in total. The number of anilines is 1. The third-order valence-corrected chi connectivity index (χ3v) is 5.76. The highest BCUT2D eigenvalue weighted by molar-refractivity contribution is 9.10. The van der Waals surface area contributed by atoms with Gasteiger partial charge in [0.1, 0.15) is 10.4 Å². The lowest BCUT2D eigenvalue weighted by Crippen LogP contribution is -2.43. The number of halogens is 1. The van der Waals surface area contributed by atoms with Crippen LogP contribution in [0.1, 0.15) is 32.6 Å². The van der Waals surface area contributed by atoms with E-state index in [-0.39, 0.29) is 17.3 Å². The molecule has 0 spiro atoms. The average molecular weight is 374 g/mol. The van der Waals surface area contributed by atoms with Crippen LogP contribution in [0.25, 0.3) is 0 Å². The molecule has 1 heterocycles. The summed E-state index contributed by atoms with van der Waals surface area (Å²) in [6, 6.07) is 5.18. The maximum absolute atomic E-state index is 12.0. The highest BCUT2D eigenvalue weighted by atomic mass is 79.9. The monoisotopic (exact) mass is 373 g/mol. The Hall–Kier alpha value is -0.950. The second-order valence-electron chi connectivity index (χ2n) is 5.10. The fourth-order valence-corrected chi connectivity index (χ4v) is 4.26. The Bertz CT molecular complexity index is 527. The minimum Gasteiger partial charge on any atom is -0.335 e. The molecule has 5 nitrogen and oxygen atoms in total. The summed E-state index contributed by atoms with van der Waals surface area (Å²) in [5.74, 6) is 1.19. The number of rotatable bonds is 4. The molecule has 0 bridgehead atoms. The summed E-state index contributed by atoms with van der Waals surface area (Å²) in [5.41, 5.74) is 0. The topological polar surface area (TPSA) is 71.1 Å². The predicted molar refractivity (Wildman–Crippen MR) is 88.8 cm³/mol. The number of aromatic nitrogens is 1. The molecule has 1 fully saturated rings. The van der Waals surface area contributed by atoms with E-state index in [4.69, 9.17) is 0 Å². The summed E-state index contributed by atoms with van der Waals surface area (Å²) < 4.78 is 12.6. The van der Waals surface area contributed by atoms with E-state index in [1.807, 2.05) is 13.0 Å². The van der Waals surface area contributed by atoms with Gasteiger partial charge in [-0.2, -0.15) is 0 Å². The lowest BCUT2D eigenvalue weighted by Gasteiger charge is -2.29. The molecular weight excluding hydrogens is 354 g/mol. The van der Waals surface area contributed by atoms with Crippen LogP contribution >= 0.6 is 15.9 Å². The first-order valence-electron chi connectivity index (χ1n) is 7.15. The van der Waals surface area contributed by atoms with Crippen molar-refractivity contribution in [3.8, 4) is 0 Å². The molecule has 1 aromatic rings. The summed E-state index contributed by atoms with van der Waals surface area (Å²) in [5, 5.41) is 5.88. The lowest BCUT2D eigenvalue weighted by molar-refractivity contribution is 0.244. The van der Waals surface area contributed by atoms with E-state index in [0.29, 0.717) is 16.2 Å². The molecule has 1 aromatic heterocycles. The molecule has 21 heavy (non-hydrogen) atoms. The van der Waals surface area contributed by atoms with Gasteiger partial charge in [0, 0.05) is 27.8 Å². The van der Waals surface area contributed by atoms with Crippen LogP contribution in [0.2, 0.25) is 0 Å². The molecular formula is C14H20BrN3O2S. The van der Waals surface area contributed by atoms with E-state index >= 15 is 0 Å². The minimum atomic E-state index is -0.780. The van der Waals surface area contributed by atoms with Crippen LogP contribution in [0.5, 0.6) is 0 Å². The van der Waals surface area contributed by atoms with Crippen LogP contribution in [0.4, 0.5) is 10.6 Å². The van der Waals surface area contributed by atoms with Crippen molar-refractivity contribution in [3.63, 3.8) is 0 Å². The quantitative estimate of drug-likeness (QED) is 0.796. The molecule has 1 aliphatic rings. The molecule has 1 aliphatic carbocycles. The van der Waals surface area contributed by atoms with E-state index < -0.39 is 10.8 Å². The van der Waals surface area contributed by atoms with Crippen LogP contribution < -0.4 is 10.6 Å². The van der Waals surface area contributed by atoms with Crippen LogP contribution in [-0.4, -0.2) is 32.3 Å². The van der Waals surface area contributed by atoms with Crippen molar-refractivity contribution < 1.29 is 9.00 Å². The molecule has 7 heteroatoms. The van der Waals surface area contributed by atoms with Crippen LogP contribution in [0.3, 0.4) is 0 Å². The first kappa shape index (κ1) is 16.4. The van der Waals surface area contributed by atoms with Gasteiger partial charge in [-0.1, -0.05) is 19.4 Å². The number of carbonyl (C=O) groups excluding carboxylic acids is 1. The summed E-state index contributed by atoms with van der Waals surface area (Å²) in [4.78, 5) is 16.1. The maximum atomic E-state index is 12.0. The number of hydrogen-bond acceptors (Lipinski definition) is 3. The summed E-state index contributed by atoms with van der Waals surface area (Å²) in [6.45, 7) is 1.94. The van der Waals surface area contributed by atoms with Crippen molar-refractivity contribution in [2.45, 2.75) is 43.9 Å². The van der Waals surface area contributed by atoms with Crippen molar-refractivity contribution in [1.29, 1.82) is 0 Å². The standard InChI is InChI=1S/C14H20BrN3O2S/c1-2-21(20)11-6-3-5-10(9-11)16-14(19)18-13-8-4-7-12(15)17-13/h4,7-8,10-11H,2-3,5-6,9H2,1H3,(H2,16,17,18,19). The van der Waals surface area contributed by atoms with Gasteiger partial charge in [-0.05, 0) is 47.3 Å². The molecule has 2 rings (SSSR count). The number of hydrogen-bond donors (Lipinski definition) is 2. The van der Waals surface area contributed by atoms with Gasteiger partial charge in [-0.15, -0.1) is 0 Å². The Morgan fingerprint density at radius 1 is 1.48 bits per heavy atom. The second-order valence-corrected chi connectivity index (χ2v) is 7.92. The van der Waals surface area contributed by atoms with E-state index in [0.717, 1.165) is 25.7 Å². The fourth-order valence-electron chi connectivity index (χ4n) is 2.57. The maximum Gasteiger partial charge on any atom is 0.320 e. The van der Waals surface area contributed by atoms with Crippen molar-refractivity contribution in [1.82, 2.24) is 10.3 Å². The van der Waals surface area contributed by atoms with Gasteiger partial charge in [0.2, 0.25) is 0 Å².